The van der Waals surface area contributed by atoms with Crippen LogP contribution in [0.4, 0.5) is 0 Å². The topological polar surface area (TPSA) is 46.6 Å². The third-order valence-electron chi connectivity index (χ3n) is 3.48. The molecule has 1 atom stereocenters. The van der Waals surface area contributed by atoms with E-state index in [1.54, 1.807) is 24.3 Å². The molecule has 0 amide bonds. The minimum Gasteiger partial charge on any atom is -0.298 e. The number of likely N-dealkylation sites (tertiary alicyclic amines) is 1. The molecule has 4 nitrogen and oxygen atoms in total. The second kappa shape index (κ2) is 5.61. The SMILES string of the molecule is Cc1ccc(S(=O)(=O)OC2CCN(C(C)C)C2)cc1. The van der Waals surface area contributed by atoms with Gasteiger partial charge in [0.15, 0.2) is 0 Å². The van der Waals surface area contributed by atoms with Gasteiger partial charge in [0.2, 0.25) is 0 Å². The van der Waals surface area contributed by atoms with Gasteiger partial charge in [-0.2, -0.15) is 8.42 Å². The first-order valence-electron chi connectivity index (χ1n) is 6.62. The third-order valence-corrected chi connectivity index (χ3v) is 4.85. The first kappa shape index (κ1) is 14.5. The maximum atomic E-state index is 12.1. The van der Waals surface area contributed by atoms with Gasteiger partial charge in [-0.15, -0.1) is 0 Å². The molecule has 5 heteroatoms. The Morgan fingerprint density at radius 1 is 1.26 bits per heavy atom. The maximum Gasteiger partial charge on any atom is 0.297 e. The lowest BCUT2D eigenvalue weighted by atomic mass is 10.2. The zero-order valence-electron chi connectivity index (χ0n) is 11.7. The van der Waals surface area contributed by atoms with Crippen LogP contribution in [0.2, 0.25) is 0 Å². The quantitative estimate of drug-likeness (QED) is 0.795. The number of rotatable bonds is 4. The van der Waals surface area contributed by atoms with E-state index in [2.05, 4.69) is 18.7 Å². The van der Waals surface area contributed by atoms with Gasteiger partial charge < -0.3 is 0 Å². The van der Waals surface area contributed by atoms with Crippen LogP contribution in [0.3, 0.4) is 0 Å². The van der Waals surface area contributed by atoms with Crippen molar-refractivity contribution in [3.8, 4) is 0 Å². The van der Waals surface area contributed by atoms with E-state index < -0.39 is 10.1 Å². The minimum absolute atomic E-state index is 0.228. The molecule has 0 spiro atoms. The summed E-state index contributed by atoms with van der Waals surface area (Å²) in [5.41, 5.74) is 1.03. The smallest absolute Gasteiger partial charge is 0.297 e. The van der Waals surface area contributed by atoms with Gasteiger partial charge in [-0.3, -0.25) is 9.08 Å². The van der Waals surface area contributed by atoms with Crippen LogP contribution in [0.1, 0.15) is 25.8 Å². The molecular formula is C14H21NO3S. The molecule has 0 aromatic heterocycles. The number of nitrogens with zero attached hydrogens (tertiary/aromatic N) is 1. The van der Waals surface area contributed by atoms with Crippen molar-refractivity contribution < 1.29 is 12.6 Å². The van der Waals surface area contributed by atoms with Gasteiger partial charge in [0.1, 0.15) is 0 Å². The number of benzene rings is 1. The van der Waals surface area contributed by atoms with E-state index >= 15 is 0 Å². The van der Waals surface area contributed by atoms with Crippen molar-refractivity contribution in [3.05, 3.63) is 29.8 Å². The fourth-order valence-electron chi connectivity index (χ4n) is 2.24. The van der Waals surface area contributed by atoms with Crippen LogP contribution in [0.15, 0.2) is 29.2 Å². The van der Waals surface area contributed by atoms with Crippen molar-refractivity contribution in [1.29, 1.82) is 0 Å². The summed E-state index contributed by atoms with van der Waals surface area (Å²) in [5.74, 6) is 0. The maximum absolute atomic E-state index is 12.1. The highest BCUT2D eigenvalue weighted by atomic mass is 32.2. The normalized spacial score (nSPS) is 21.2. The third kappa shape index (κ3) is 3.55. The first-order chi connectivity index (χ1) is 8.88. The summed E-state index contributed by atoms with van der Waals surface area (Å²) in [6.45, 7) is 7.72. The van der Waals surface area contributed by atoms with Crippen molar-refractivity contribution in [3.63, 3.8) is 0 Å². The predicted molar refractivity (Wildman–Crippen MR) is 74.6 cm³/mol. The summed E-state index contributed by atoms with van der Waals surface area (Å²) in [7, 11) is -3.64. The van der Waals surface area contributed by atoms with E-state index in [9.17, 15) is 8.42 Å². The molecular weight excluding hydrogens is 262 g/mol. The van der Waals surface area contributed by atoms with Crippen LogP contribution in [0.25, 0.3) is 0 Å². The molecule has 19 heavy (non-hydrogen) atoms. The predicted octanol–water partition coefficient (Wildman–Crippen LogP) is 2.18. The lowest BCUT2D eigenvalue weighted by molar-refractivity contribution is 0.193. The van der Waals surface area contributed by atoms with Crippen molar-refractivity contribution in [2.45, 2.75) is 44.2 Å². The number of hydrogen-bond donors (Lipinski definition) is 0. The second-order valence-corrected chi connectivity index (χ2v) is 6.93. The summed E-state index contributed by atoms with van der Waals surface area (Å²) in [6, 6.07) is 7.19. The van der Waals surface area contributed by atoms with Crippen molar-refractivity contribution in [2.75, 3.05) is 13.1 Å². The van der Waals surface area contributed by atoms with Crippen LogP contribution in [0, 0.1) is 6.92 Å². The fourth-order valence-corrected chi connectivity index (χ4v) is 3.34. The summed E-state index contributed by atoms with van der Waals surface area (Å²) in [5, 5.41) is 0. The Hall–Kier alpha value is -0.910. The Kier molecular flexibility index (Phi) is 4.28. The Balaban J connectivity index is 2.04. The molecule has 0 aliphatic carbocycles. The molecule has 0 saturated carbocycles. The van der Waals surface area contributed by atoms with E-state index in [1.165, 1.54) is 0 Å². The van der Waals surface area contributed by atoms with Gasteiger partial charge in [-0.25, -0.2) is 0 Å². The summed E-state index contributed by atoms with van der Waals surface area (Å²) in [4.78, 5) is 2.47. The summed E-state index contributed by atoms with van der Waals surface area (Å²) >= 11 is 0. The Bertz CT molecular complexity index is 522. The zero-order valence-corrected chi connectivity index (χ0v) is 12.5. The van der Waals surface area contributed by atoms with Gasteiger partial charge in [-0.1, -0.05) is 17.7 Å². The molecule has 0 N–H and O–H groups in total. The molecule has 106 valence electrons. The molecule has 2 rings (SSSR count). The Morgan fingerprint density at radius 2 is 1.89 bits per heavy atom. The first-order valence-corrected chi connectivity index (χ1v) is 8.03. The number of aryl methyl sites for hydroxylation is 1. The van der Waals surface area contributed by atoms with Crippen LogP contribution < -0.4 is 0 Å². The highest BCUT2D eigenvalue weighted by Gasteiger charge is 2.29. The van der Waals surface area contributed by atoms with E-state index in [-0.39, 0.29) is 11.0 Å². The van der Waals surface area contributed by atoms with E-state index in [1.807, 2.05) is 6.92 Å². The van der Waals surface area contributed by atoms with E-state index in [0.29, 0.717) is 12.6 Å². The van der Waals surface area contributed by atoms with Crippen LogP contribution in [0.5, 0.6) is 0 Å². The second-order valence-electron chi connectivity index (χ2n) is 5.36. The minimum atomic E-state index is -3.64. The van der Waals surface area contributed by atoms with E-state index in [0.717, 1.165) is 18.5 Å². The van der Waals surface area contributed by atoms with Gasteiger partial charge >= 0.3 is 0 Å². The number of hydrogen-bond acceptors (Lipinski definition) is 4. The van der Waals surface area contributed by atoms with Crippen LogP contribution >= 0.6 is 0 Å². The molecule has 1 fully saturated rings. The average Bonchev–Trinajstić information content (AvgIpc) is 2.77. The molecule has 1 saturated heterocycles. The highest BCUT2D eigenvalue weighted by Crippen LogP contribution is 2.21. The zero-order chi connectivity index (χ0) is 14.0. The molecule has 1 aliphatic heterocycles. The van der Waals surface area contributed by atoms with Crippen LogP contribution in [-0.2, 0) is 14.3 Å². The van der Waals surface area contributed by atoms with Crippen molar-refractivity contribution >= 4 is 10.1 Å². The monoisotopic (exact) mass is 283 g/mol. The van der Waals surface area contributed by atoms with Gasteiger partial charge in [-0.05, 0) is 39.3 Å². The van der Waals surface area contributed by atoms with Gasteiger partial charge in [0.25, 0.3) is 10.1 Å². The molecule has 1 aliphatic rings. The Morgan fingerprint density at radius 3 is 2.42 bits per heavy atom. The average molecular weight is 283 g/mol. The Labute approximate surface area is 115 Å². The van der Waals surface area contributed by atoms with Crippen LogP contribution in [-0.4, -0.2) is 38.6 Å². The van der Waals surface area contributed by atoms with Crippen molar-refractivity contribution in [2.24, 2.45) is 0 Å². The lowest BCUT2D eigenvalue weighted by Gasteiger charge is -2.20. The highest BCUT2D eigenvalue weighted by molar-refractivity contribution is 7.86. The van der Waals surface area contributed by atoms with Gasteiger partial charge in [0.05, 0.1) is 11.0 Å². The molecule has 1 unspecified atom stereocenters. The molecule has 0 radical (unpaired) electrons. The largest absolute Gasteiger partial charge is 0.298 e. The summed E-state index contributed by atoms with van der Waals surface area (Å²) in [6.07, 6.45) is 0.539. The van der Waals surface area contributed by atoms with Gasteiger partial charge in [0, 0.05) is 19.1 Å². The molecule has 0 bridgehead atoms. The molecule has 1 heterocycles. The summed E-state index contributed by atoms with van der Waals surface area (Å²) < 4.78 is 29.6. The lowest BCUT2D eigenvalue weighted by Crippen LogP contribution is -2.30. The molecule has 1 aromatic carbocycles. The van der Waals surface area contributed by atoms with E-state index in [4.69, 9.17) is 4.18 Å². The fraction of sp³-hybridized carbons (Fsp3) is 0.571. The molecule has 1 aromatic rings. The van der Waals surface area contributed by atoms with Crippen molar-refractivity contribution in [1.82, 2.24) is 4.90 Å². The standard InChI is InChI=1S/C14H21NO3S/c1-11(2)15-9-8-13(10-15)18-19(16,17)14-6-4-12(3)5-7-14/h4-7,11,13H,8-10H2,1-3H3.